The molecule has 0 saturated carbocycles. The molecule has 7 heteroatoms. The third-order valence-electron chi connectivity index (χ3n) is 2.56. The third kappa shape index (κ3) is 3.77. The summed E-state index contributed by atoms with van der Waals surface area (Å²) < 4.78 is 37.9. The van der Waals surface area contributed by atoms with Gasteiger partial charge in [0, 0.05) is 11.6 Å². The molecule has 1 heterocycles. The minimum atomic E-state index is -4.45. The van der Waals surface area contributed by atoms with Gasteiger partial charge in [-0.2, -0.15) is 13.2 Å². The number of nitrogens with zero attached hydrogens (tertiary/aromatic N) is 1. The Morgan fingerprint density at radius 1 is 1.15 bits per heavy atom. The van der Waals surface area contributed by atoms with Crippen molar-refractivity contribution in [2.45, 2.75) is 12.7 Å². The van der Waals surface area contributed by atoms with Gasteiger partial charge in [0.15, 0.2) is 0 Å². The van der Waals surface area contributed by atoms with Crippen LogP contribution in [0.3, 0.4) is 0 Å². The van der Waals surface area contributed by atoms with E-state index in [0.717, 1.165) is 17.7 Å². The van der Waals surface area contributed by atoms with Crippen LogP contribution >= 0.6 is 11.6 Å². The molecule has 1 aromatic heterocycles. The number of hydrogen-bond acceptors (Lipinski definition) is 3. The summed E-state index contributed by atoms with van der Waals surface area (Å²) in [7, 11) is 0. The normalized spacial score (nSPS) is 11.4. The molecule has 0 fully saturated rings. The Balaban J connectivity index is 2.13. The van der Waals surface area contributed by atoms with Gasteiger partial charge in [0.05, 0.1) is 5.56 Å². The second-order valence-electron chi connectivity index (χ2n) is 4.14. The average molecular weight is 302 g/mol. The maximum Gasteiger partial charge on any atom is 0.416 e. The molecule has 0 saturated heterocycles. The molecule has 0 aliphatic carbocycles. The smallest absolute Gasteiger partial charge is 0.384 e. The molecule has 0 aliphatic heterocycles. The van der Waals surface area contributed by atoms with Crippen molar-refractivity contribution in [1.82, 2.24) is 4.98 Å². The molecule has 3 nitrogen and oxygen atoms in total. The maximum atomic E-state index is 12.6. The summed E-state index contributed by atoms with van der Waals surface area (Å²) in [6.07, 6.45) is -4.45. The molecule has 0 unspecified atom stereocenters. The zero-order valence-corrected chi connectivity index (χ0v) is 11.0. The first-order chi connectivity index (χ1) is 9.34. The van der Waals surface area contributed by atoms with Crippen molar-refractivity contribution in [2.24, 2.45) is 0 Å². The van der Waals surface area contributed by atoms with Gasteiger partial charge in [-0.25, -0.2) is 4.98 Å². The van der Waals surface area contributed by atoms with Crippen LogP contribution < -0.4 is 11.1 Å². The van der Waals surface area contributed by atoms with Crippen molar-refractivity contribution in [2.75, 3.05) is 11.1 Å². The second-order valence-corrected chi connectivity index (χ2v) is 4.58. The lowest BCUT2D eigenvalue weighted by Crippen LogP contribution is -2.09. The van der Waals surface area contributed by atoms with E-state index in [1.807, 2.05) is 0 Å². The predicted octanol–water partition coefficient (Wildman–Crippen LogP) is 3.95. The number of hydrogen-bond donors (Lipinski definition) is 2. The standard InChI is InChI=1S/C13H11ClF3N3/c14-10-3-1-8(2-4-10)7-19-12-6-9(13(15,16)17)5-11(18)20-12/h1-6H,7H2,(H3,18,19,20). The Hall–Kier alpha value is -1.95. The number of aromatic nitrogens is 1. The minimum Gasteiger partial charge on any atom is -0.384 e. The Labute approximate surface area is 118 Å². The van der Waals surface area contributed by atoms with Crippen molar-refractivity contribution >= 4 is 23.2 Å². The van der Waals surface area contributed by atoms with E-state index in [1.54, 1.807) is 24.3 Å². The van der Waals surface area contributed by atoms with E-state index in [1.165, 1.54) is 0 Å². The Morgan fingerprint density at radius 2 is 1.80 bits per heavy atom. The number of halogens is 4. The van der Waals surface area contributed by atoms with E-state index in [2.05, 4.69) is 10.3 Å². The minimum absolute atomic E-state index is 0.0762. The topological polar surface area (TPSA) is 50.9 Å². The molecule has 0 radical (unpaired) electrons. The van der Waals surface area contributed by atoms with Crippen molar-refractivity contribution in [3.05, 3.63) is 52.5 Å². The molecule has 0 atom stereocenters. The molecular weight excluding hydrogens is 291 g/mol. The van der Waals surface area contributed by atoms with E-state index in [0.29, 0.717) is 11.6 Å². The van der Waals surface area contributed by atoms with Gasteiger partial charge < -0.3 is 11.1 Å². The molecule has 0 spiro atoms. The highest BCUT2D eigenvalue weighted by molar-refractivity contribution is 6.30. The molecule has 20 heavy (non-hydrogen) atoms. The van der Waals surface area contributed by atoms with Crippen LogP contribution in [0.4, 0.5) is 24.8 Å². The Bertz CT molecular complexity index is 597. The molecule has 0 amide bonds. The summed E-state index contributed by atoms with van der Waals surface area (Å²) in [4.78, 5) is 3.82. The number of nitrogens with two attached hydrogens (primary N) is 1. The number of anilines is 2. The van der Waals surface area contributed by atoms with Crippen molar-refractivity contribution in [3.63, 3.8) is 0 Å². The van der Waals surface area contributed by atoms with Gasteiger partial charge in [0.25, 0.3) is 0 Å². The van der Waals surface area contributed by atoms with Gasteiger partial charge in [0.1, 0.15) is 11.6 Å². The summed E-state index contributed by atoms with van der Waals surface area (Å²) in [5.41, 5.74) is 5.41. The zero-order chi connectivity index (χ0) is 14.8. The van der Waals surface area contributed by atoms with E-state index in [-0.39, 0.29) is 11.6 Å². The molecule has 0 aliphatic rings. The van der Waals surface area contributed by atoms with Crippen LogP contribution in [0.15, 0.2) is 36.4 Å². The van der Waals surface area contributed by atoms with Crippen LogP contribution in [0.1, 0.15) is 11.1 Å². The number of alkyl halides is 3. The third-order valence-corrected chi connectivity index (χ3v) is 2.81. The molecule has 3 N–H and O–H groups in total. The quantitative estimate of drug-likeness (QED) is 0.902. The van der Waals surface area contributed by atoms with Gasteiger partial charge in [-0.05, 0) is 29.8 Å². The Morgan fingerprint density at radius 3 is 2.40 bits per heavy atom. The van der Waals surface area contributed by atoms with Crippen LogP contribution in [-0.2, 0) is 12.7 Å². The lowest BCUT2D eigenvalue weighted by atomic mass is 10.2. The van der Waals surface area contributed by atoms with E-state index >= 15 is 0 Å². The Kier molecular flexibility index (Phi) is 4.04. The largest absolute Gasteiger partial charge is 0.416 e. The number of nitrogens with one attached hydrogen (secondary N) is 1. The van der Waals surface area contributed by atoms with E-state index in [4.69, 9.17) is 17.3 Å². The number of pyridine rings is 1. The number of benzene rings is 1. The molecule has 2 aromatic rings. The van der Waals surface area contributed by atoms with Gasteiger partial charge in [0.2, 0.25) is 0 Å². The van der Waals surface area contributed by atoms with E-state index in [9.17, 15) is 13.2 Å². The summed E-state index contributed by atoms with van der Waals surface area (Å²) in [5, 5.41) is 3.39. The first kappa shape index (κ1) is 14.5. The fraction of sp³-hybridized carbons (Fsp3) is 0.154. The fourth-order valence-electron chi connectivity index (χ4n) is 1.60. The average Bonchev–Trinajstić information content (AvgIpc) is 2.36. The fourth-order valence-corrected chi connectivity index (χ4v) is 1.73. The van der Waals surface area contributed by atoms with Gasteiger partial charge in [-0.15, -0.1) is 0 Å². The van der Waals surface area contributed by atoms with Gasteiger partial charge in [-0.1, -0.05) is 23.7 Å². The van der Waals surface area contributed by atoms with Crippen molar-refractivity contribution in [3.8, 4) is 0 Å². The van der Waals surface area contributed by atoms with Crippen molar-refractivity contribution in [1.29, 1.82) is 0 Å². The molecular formula is C13H11ClF3N3. The summed E-state index contributed by atoms with van der Waals surface area (Å²) in [5.74, 6) is -0.106. The highest BCUT2D eigenvalue weighted by atomic mass is 35.5. The predicted molar refractivity (Wildman–Crippen MR) is 72.4 cm³/mol. The van der Waals surface area contributed by atoms with Crippen LogP contribution in [0.5, 0.6) is 0 Å². The number of rotatable bonds is 3. The highest BCUT2D eigenvalue weighted by Crippen LogP contribution is 2.31. The lowest BCUT2D eigenvalue weighted by Gasteiger charge is -2.11. The maximum absolute atomic E-state index is 12.6. The summed E-state index contributed by atoms with van der Waals surface area (Å²) in [6.45, 7) is 0.324. The molecule has 0 bridgehead atoms. The molecule has 1 aromatic carbocycles. The van der Waals surface area contributed by atoms with Gasteiger partial charge in [-0.3, -0.25) is 0 Å². The number of nitrogen functional groups attached to an aromatic ring is 1. The zero-order valence-electron chi connectivity index (χ0n) is 10.2. The van der Waals surface area contributed by atoms with Crippen LogP contribution in [0.2, 0.25) is 5.02 Å². The second kappa shape index (κ2) is 5.58. The van der Waals surface area contributed by atoms with Gasteiger partial charge >= 0.3 is 6.18 Å². The summed E-state index contributed by atoms with van der Waals surface area (Å²) in [6, 6.07) is 8.66. The first-order valence-corrected chi connectivity index (χ1v) is 6.05. The summed E-state index contributed by atoms with van der Waals surface area (Å²) >= 11 is 5.75. The SMILES string of the molecule is Nc1cc(C(F)(F)F)cc(NCc2ccc(Cl)cc2)n1. The van der Waals surface area contributed by atoms with Crippen LogP contribution in [0, 0.1) is 0 Å². The van der Waals surface area contributed by atoms with Crippen LogP contribution in [0.25, 0.3) is 0 Å². The lowest BCUT2D eigenvalue weighted by molar-refractivity contribution is -0.137. The molecule has 2 rings (SSSR count). The van der Waals surface area contributed by atoms with Crippen molar-refractivity contribution < 1.29 is 13.2 Å². The van der Waals surface area contributed by atoms with Crippen LogP contribution in [-0.4, -0.2) is 4.98 Å². The monoisotopic (exact) mass is 301 g/mol. The first-order valence-electron chi connectivity index (χ1n) is 5.67. The van der Waals surface area contributed by atoms with E-state index < -0.39 is 11.7 Å². The molecule has 106 valence electrons. The highest BCUT2D eigenvalue weighted by Gasteiger charge is 2.31.